The highest BCUT2D eigenvalue weighted by atomic mass is 15.0. The summed E-state index contributed by atoms with van der Waals surface area (Å²) in [6.07, 6.45) is 7.22. The van der Waals surface area contributed by atoms with E-state index >= 15 is 0 Å². The third-order valence-electron chi connectivity index (χ3n) is 2.84. The second-order valence-corrected chi connectivity index (χ2v) is 4.10. The Morgan fingerprint density at radius 2 is 1.32 bits per heavy atom. The largest absolute Gasteiger partial charge is 0.294 e. The zero-order valence-electron chi connectivity index (χ0n) is 10.7. The third-order valence-corrected chi connectivity index (χ3v) is 2.84. The van der Waals surface area contributed by atoms with Crippen LogP contribution in [0.3, 0.4) is 0 Å². The average Bonchev–Trinajstić information content (AvgIpc) is 2.50. The van der Waals surface area contributed by atoms with Gasteiger partial charge in [-0.3, -0.25) is 15.3 Å². The Morgan fingerprint density at radius 1 is 0.842 bits per heavy atom. The topological polar surface area (TPSA) is 37.8 Å². The Bertz CT molecular complexity index is 473. The van der Waals surface area contributed by atoms with Gasteiger partial charge in [0, 0.05) is 12.4 Å². The van der Waals surface area contributed by atoms with Crippen LogP contribution < -0.4 is 5.32 Å². The van der Waals surface area contributed by atoms with E-state index in [2.05, 4.69) is 28.4 Å². The first kappa shape index (κ1) is 13.2. The van der Waals surface area contributed by atoms with Gasteiger partial charge in [-0.1, -0.05) is 24.3 Å². The molecule has 0 amide bonds. The monoisotopic (exact) mass is 251 g/mol. The lowest BCUT2D eigenvalue weighted by molar-refractivity contribution is 0.546. The van der Waals surface area contributed by atoms with Crippen LogP contribution >= 0.6 is 0 Å². The Labute approximate surface area is 113 Å². The lowest BCUT2D eigenvalue weighted by Gasteiger charge is -2.20. The fourth-order valence-electron chi connectivity index (χ4n) is 1.86. The SMILES string of the molecule is C=CC(NC(C=C)c1ccccn1)c1ccccn1. The molecule has 0 aliphatic rings. The first-order valence-electron chi connectivity index (χ1n) is 6.18. The summed E-state index contributed by atoms with van der Waals surface area (Å²) in [5, 5.41) is 3.42. The fraction of sp³-hybridized carbons (Fsp3) is 0.125. The van der Waals surface area contributed by atoms with Crippen LogP contribution in [0.25, 0.3) is 0 Å². The van der Waals surface area contributed by atoms with Crippen molar-refractivity contribution in [2.24, 2.45) is 0 Å². The van der Waals surface area contributed by atoms with Gasteiger partial charge in [-0.25, -0.2) is 0 Å². The van der Waals surface area contributed by atoms with Crippen molar-refractivity contribution < 1.29 is 0 Å². The molecular formula is C16H17N3. The summed E-state index contributed by atoms with van der Waals surface area (Å²) in [5.74, 6) is 0. The number of nitrogens with zero attached hydrogens (tertiary/aromatic N) is 2. The fourth-order valence-corrected chi connectivity index (χ4v) is 1.86. The van der Waals surface area contributed by atoms with Gasteiger partial charge in [0.25, 0.3) is 0 Å². The quantitative estimate of drug-likeness (QED) is 0.801. The van der Waals surface area contributed by atoms with Crippen LogP contribution in [-0.4, -0.2) is 9.97 Å². The van der Waals surface area contributed by atoms with Crippen molar-refractivity contribution in [2.75, 3.05) is 0 Å². The second-order valence-electron chi connectivity index (χ2n) is 4.10. The molecule has 3 nitrogen and oxygen atoms in total. The van der Waals surface area contributed by atoms with Crippen molar-refractivity contribution in [3.05, 3.63) is 85.5 Å². The minimum absolute atomic E-state index is 0.0359. The van der Waals surface area contributed by atoms with Crippen molar-refractivity contribution >= 4 is 0 Å². The molecule has 19 heavy (non-hydrogen) atoms. The lowest BCUT2D eigenvalue weighted by Crippen LogP contribution is -2.25. The molecule has 0 saturated carbocycles. The zero-order chi connectivity index (χ0) is 13.5. The molecule has 2 unspecified atom stereocenters. The lowest BCUT2D eigenvalue weighted by atomic mass is 10.1. The predicted molar refractivity (Wildman–Crippen MR) is 77.5 cm³/mol. The van der Waals surface area contributed by atoms with Crippen molar-refractivity contribution in [3.63, 3.8) is 0 Å². The first-order chi connectivity index (χ1) is 9.35. The molecule has 1 N–H and O–H groups in total. The summed E-state index contributed by atoms with van der Waals surface area (Å²) in [7, 11) is 0. The van der Waals surface area contributed by atoms with E-state index in [1.54, 1.807) is 12.4 Å². The van der Waals surface area contributed by atoms with Gasteiger partial charge in [0.15, 0.2) is 0 Å². The van der Waals surface area contributed by atoms with E-state index < -0.39 is 0 Å². The third kappa shape index (κ3) is 3.36. The van der Waals surface area contributed by atoms with Crippen molar-refractivity contribution in [1.29, 1.82) is 0 Å². The van der Waals surface area contributed by atoms with E-state index in [1.807, 2.05) is 48.6 Å². The van der Waals surface area contributed by atoms with Gasteiger partial charge in [-0.05, 0) is 24.3 Å². The van der Waals surface area contributed by atoms with Crippen LogP contribution in [0.5, 0.6) is 0 Å². The first-order valence-corrected chi connectivity index (χ1v) is 6.18. The van der Waals surface area contributed by atoms with Crippen LogP contribution in [0.4, 0.5) is 0 Å². The van der Waals surface area contributed by atoms with E-state index in [1.165, 1.54) is 0 Å². The highest BCUT2D eigenvalue weighted by Crippen LogP contribution is 2.18. The molecule has 2 aromatic heterocycles. The molecule has 2 aromatic rings. The number of rotatable bonds is 6. The van der Waals surface area contributed by atoms with Gasteiger partial charge in [-0.2, -0.15) is 0 Å². The Kier molecular flexibility index (Phi) is 4.59. The molecule has 0 spiro atoms. The molecule has 2 heterocycles. The Balaban J connectivity index is 2.17. The molecule has 0 bridgehead atoms. The molecule has 0 saturated heterocycles. The highest BCUT2D eigenvalue weighted by Gasteiger charge is 2.15. The molecular weight excluding hydrogens is 234 g/mol. The molecule has 96 valence electrons. The van der Waals surface area contributed by atoms with Crippen LogP contribution in [0.1, 0.15) is 23.5 Å². The summed E-state index contributed by atoms with van der Waals surface area (Å²) in [6, 6.07) is 11.6. The number of hydrogen-bond acceptors (Lipinski definition) is 3. The van der Waals surface area contributed by atoms with E-state index in [9.17, 15) is 0 Å². The smallest absolute Gasteiger partial charge is 0.0686 e. The van der Waals surface area contributed by atoms with E-state index in [0.29, 0.717) is 0 Å². The maximum Gasteiger partial charge on any atom is 0.0686 e. The second kappa shape index (κ2) is 6.61. The maximum absolute atomic E-state index is 4.34. The van der Waals surface area contributed by atoms with Crippen molar-refractivity contribution in [3.8, 4) is 0 Å². The number of aromatic nitrogens is 2. The molecule has 2 rings (SSSR count). The standard InChI is InChI=1S/C16H17N3/c1-3-13(15-9-5-7-11-17-15)19-14(4-2)16-10-6-8-12-18-16/h3-14,19H,1-2H2. The van der Waals surface area contributed by atoms with Gasteiger partial charge in [-0.15, -0.1) is 13.2 Å². The van der Waals surface area contributed by atoms with Crippen molar-refractivity contribution in [1.82, 2.24) is 15.3 Å². The van der Waals surface area contributed by atoms with Crippen LogP contribution in [0.2, 0.25) is 0 Å². The summed E-state index contributed by atoms with van der Waals surface area (Å²) >= 11 is 0. The van der Waals surface area contributed by atoms with Gasteiger partial charge in [0.05, 0.1) is 23.5 Å². The summed E-state index contributed by atoms with van der Waals surface area (Å²) in [6.45, 7) is 7.72. The minimum Gasteiger partial charge on any atom is -0.294 e. The molecule has 0 fully saturated rings. The Morgan fingerprint density at radius 3 is 1.63 bits per heavy atom. The number of nitrogens with one attached hydrogen (secondary N) is 1. The summed E-state index contributed by atoms with van der Waals surface area (Å²) in [5.41, 5.74) is 1.86. The minimum atomic E-state index is -0.0359. The number of pyridine rings is 2. The average molecular weight is 251 g/mol. The maximum atomic E-state index is 4.34. The van der Waals surface area contributed by atoms with Gasteiger partial charge in [0.2, 0.25) is 0 Å². The number of hydrogen-bond donors (Lipinski definition) is 1. The zero-order valence-corrected chi connectivity index (χ0v) is 10.7. The van der Waals surface area contributed by atoms with Crippen LogP contribution in [0.15, 0.2) is 74.1 Å². The van der Waals surface area contributed by atoms with E-state index in [0.717, 1.165) is 11.4 Å². The molecule has 0 aliphatic heterocycles. The molecule has 0 radical (unpaired) electrons. The van der Waals surface area contributed by atoms with Crippen LogP contribution in [-0.2, 0) is 0 Å². The van der Waals surface area contributed by atoms with E-state index in [-0.39, 0.29) is 12.1 Å². The molecule has 0 aliphatic carbocycles. The summed E-state index contributed by atoms with van der Waals surface area (Å²) in [4.78, 5) is 8.68. The van der Waals surface area contributed by atoms with Crippen LogP contribution in [0, 0.1) is 0 Å². The van der Waals surface area contributed by atoms with Crippen molar-refractivity contribution in [2.45, 2.75) is 12.1 Å². The van der Waals surface area contributed by atoms with Gasteiger partial charge >= 0.3 is 0 Å². The van der Waals surface area contributed by atoms with Gasteiger partial charge < -0.3 is 0 Å². The normalized spacial score (nSPS) is 13.5. The molecule has 3 heteroatoms. The molecule has 2 atom stereocenters. The Hall–Kier alpha value is -2.26. The summed E-state index contributed by atoms with van der Waals surface area (Å²) < 4.78 is 0. The molecule has 0 aromatic carbocycles. The van der Waals surface area contributed by atoms with E-state index in [4.69, 9.17) is 0 Å². The predicted octanol–water partition coefficient (Wildman–Crippen LogP) is 3.22. The van der Waals surface area contributed by atoms with Gasteiger partial charge in [0.1, 0.15) is 0 Å². The highest BCUT2D eigenvalue weighted by molar-refractivity contribution is 5.19.